The van der Waals surface area contributed by atoms with Gasteiger partial charge in [0.15, 0.2) is 11.9 Å². The number of anilines is 1. The van der Waals surface area contributed by atoms with Crippen LogP contribution >= 0.6 is 11.6 Å². The Morgan fingerprint density at radius 1 is 0.964 bits per heavy atom. The van der Waals surface area contributed by atoms with Gasteiger partial charge in [-0.25, -0.2) is 4.39 Å². The van der Waals surface area contributed by atoms with Crippen LogP contribution in [0.25, 0.3) is 0 Å². The summed E-state index contributed by atoms with van der Waals surface area (Å²) < 4.78 is 18.7. The van der Waals surface area contributed by atoms with Gasteiger partial charge >= 0.3 is 0 Å². The van der Waals surface area contributed by atoms with E-state index in [4.69, 9.17) is 16.3 Å². The molecule has 4 nitrogen and oxygen atoms in total. The standard InChI is InChI=1S/C22H17ClFNO3/c1-14(22(27)25-20-12-9-17(24)13-19(20)23)28-18-10-7-16(8-11-18)21(26)15-5-3-2-4-6-15/h2-14H,1H3,(H,25,27)/t14-/m1/s1. The van der Waals surface area contributed by atoms with Gasteiger partial charge in [0.05, 0.1) is 10.7 Å². The number of rotatable bonds is 6. The molecule has 3 aromatic carbocycles. The predicted molar refractivity (Wildman–Crippen MR) is 106 cm³/mol. The molecule has 142 valence electrons. The normalized spacial score (nSPS) is 11.5. The summed E-state index contributed by atoms with van der Waals surface area (Å²) in [6.45, 7) is 1.58. The number of amides is 1. The van der Waals surface area contributed by atoms with E-state index in [2.05, 4.69) is 5.32 Å². The van der Waals surface area contributed by atoms with Gasteiger partial charge in [0.25, 0.3) is 5.91 Å². The molecule has 1 atom stereocenters. The van der Waals surface area contributed by atoms with Crippen molar-refractivity contribution in [3.63, 3.8) is 0 Å². The molecule has 0 aliphatic carbocycles. The number of hydrogen-bond donors (Lipinski definition) is 1. The zero-order chi connectivity index (χ0) is 20.1. The highest BCUT2D eigenvalue weighted by Crippen LogP contribution is 2.23. The van der Waals surface area contributed by atoms with Crippen molar-refractivity contribution in [3.8, 4) is 5.75 Å². The lowest BCUT2D eigenvalue weighted by atomic mass is 10.0. The monoisotopic (exact) mass is 397 g/mol. The number of benzene rings is 3. The van der Waals surface area contributed by atoms with E-state index < -0.39 is 17.8 Å². The molecule has 1 amide bonds. The molecule has 0 saturated heterocycles. The molecule has 0 radical (unpaired) electrons. The zero-order valence-electron chi connectivity index (χ0n) is 15.0. The van der Waals surface area contributed by atoms with Crippen LogP contribution in [0.1, 0.15) is 22.8 Å². The molecule has 28 heavy (non-hydrogen) atoms. The Labute approximate surface area is 166 Å². The minimum absolute atomic E-state index is 0.0936. The number of hydrogen-bond acceptors (Lipinski definition) is 3. The summed E-state index contributed by atoms with van der Waals surface area (Å²) in [6.07, 6.45) is -0.822. The van der Waals surface area contributed by atoms with Crippen molar-refractivity contribution in [1.82, 2.24) is 0 Å². The maximum absolute atomic E-state index is 13.1. The summed E-state index contributed by atoms with van der Waals surface area (Å²) in [6, 6.07) is 19.2. The molecule has 3 rings (SSSR count). The third kappa shape index (κ3) is 4.75. The van der Waals surface area contributed by atoms with Crippen LogP contribution in [0, 0.1) is 5.82 Å². The lowest BCUT2D eigenvalue weighted by molar-refractivity contribution is -0.122. The molecule has 0 unspecified atom stereocenters. The quantitative estimate of drug-likeness (QED) is 0.587. The van der Waals surface area contributed by atoms with Gasteiger partial charge in [0.2, 0.25) is 0 Å². The van der Waals surface area contributed by atoms with Crippen LogP contribution in [-0.2, 0) is 4.79 Å². The molecule has 0 heterocycles. The Morgan fingerprint density at radius 2 is 1.61 bits per heavy atom. The minimum Gasteiger partial charge on any atom is -0.481 e. The van der Waals surface area contributed by atoms with Gasteiger partial charge in [-0.1, -0.05) is 41.9 Å². The molecule has 0 spiro atoms. The Balaban J connectivity index is 1.63. The molecule has 1 N–H and O–H groups in total. The first-order valence-corrected chi connectivity index (χ1v) is 8.94. The summed E-state index contributed by atoms with van der Waals surface area (Å²) in [7, 11) is 0. The largest absolute Gasteiger partial charge is 0.481 e. The summed E-state index contributed by atoms with van der Waals surface area (Å²) >= 11 is 5.91. The van der Waals surface area contributed by atoms with Crippen LogP contribution in [0.5, 0.6) is 5.75 Å². The van der Waals surface area contributed by atoms with Crippen molar-refractivity contribution < 1.29 is 18.7 Å². The molecular weight excluding hydrogens is 381 g/mol. The number of carbonyl (C=O) groups excluding carboxylic acids is 2. The van der Waals surface area contributed by atoms with E-state index in [0.717, 1.165) is 6.07 Å². The topological polar surface area (TPSA) is 55.4 Å². The Hall–Kier alpha value is -3.18. The van der Waals surface area contributed by atoms with Crippen molar-refractivity contribution in [2.45, 2.75) is 13.0 Å². The van der Waals surface area contributed by atoms with E-state index in [-0.39, 0.29) is 10.8 Å². The van der Waals surface area contributed by atoms with E-state index in [0.29, 0.717) is 22.6 Å². The predicted octanol–water partition coefficient (Wildman–Crippen LogP) is 5.12. The summed E-state index contributed by atoms with van der Waals surface area (Å²) in [5, 5.41) is 2.69. The maximum Gasteiger partial charge on any atom is 0.265 e. The molecule has 6 heteroatoms. The number of ether oxygens (including phenoxy) is 1. The van der Waals surface area contributed by atoms with Crippen LogP contribution in [0.2, 0.25) is 5.02 Å². The first kappa shape index (κ1) is 19.6. The van der Waals surface area contributed by atoms with Crippen molar-refractivity contribution in [2.24, 2.45) is 0 Å². The lowest BCUT2D eigenvalue weighted by Crippen LogP contribution is -2.30. The third-order valence-corrected chi connectivity index (χ3v) is 4.34. The first-order chi connectivity index (χ1) is 13.4. The van der Waals surface area contributed by atoms with Gasteiger partial charge < -0.3 is 10.1 Å². The van der Waals surface area contributed by atoms with Crippen molar-refractivity contribution >= 4 is 29.0 Å². The summed E-state index contributed by atoms with van der Waals surface area (Å²) in [5.74, 6) is -0.572. The van der Waals surface area contributed by atoms with Gasteiger partial charge in [0.1, 0.15) is 11.6 Å². The molecule has 0 saturated carbocycles. The number of carbonyl (C=O) groups is 2. The highest BCUT2D eigenvalue weighted by atomic mass is 35.5. The van der Waals surface area contributed by atoms with Gasteiger partial charge in [-0.05, 0) is 49.4 Å². The first-order valence-electron chi connectivity index (χ1n) is 8.56. The minimum atomic E-state index is -0.822. The number of nitrogens with one attached hydrogen (secondary N) is 1. The Morgan fingerprint density at radius 3 is 2.25 bits per heavy atom. The van der Waals surface area contributed by atoms with Gasteiger partial charge in [-0.3, -0.25) is 9.59 Å². The molecule has 0 aliphatic heterocycles. The Bertz CT molecular complexity index is 990. The van der Waals surface area contributed by atoms with Crippen LogP contribution in [0.15, 0.2) is 72.8 Å². The summed E-state index contributed by atoms with van der Waals surface area (Å²) in [5.41, 5.74) is 1.42. The second kappa shape index (κ2) is 8.67. The Kier molecular flexibility index (Phi) is 6.06. The average Bonchev–Trinajstić information content (AvgIpc) is 2.70. The fourth-order valence-corrected chi connectivity index (χ4v) is 2.74. The SMILES string of the molecule is C[C@@H](Oc1ccc(C(=O)c2ccccc2)cc1)C(=O)Nc1ccc(F)cc1Cl. The molecule has 0 aliphatic rings. The molecule has 3 aromatic rings. The van der Waals surface area contributed by atoms with Crippen molar-refractivity contribution in [1.29, 1.82) is 0 Å². The second-order valence-electron chi connectivity index (χ2n) is 6.09. The third-order valence-electron chi connectivity index (χ3n) is 4.02. The average molecular weight is 398 g/mol. The van der Waals surface area contributed by atoms with Crippen LogP contribution in [0.3, 0.4) is 0 Å². The van der Waals surface area contributed by atoms with Gasteiger partial charge in [-0.2, -0.15) is 0 Å². The molecule has 0 bridgehead atoms. The highest BCUT2D eigenvalue weighted by Gasteiger charge is 2.17. The maximum atomic E-state index is 13.1. The van der Waals surface area contributed by atoms with Crippen molar-refractivity contribution in [2.75, 3.05) is 5.32 Å². The number of ketones is 1. The van der Waals surface area contributed by atoms with E-state index in [1.807, 2.05) is 6.07 Å². The van der Waals surface area contributed by atoms with Crippen LogP contribution in [-0.4, -0.2) is 17.8 Å². The fourth-order valence-electron chi connectivity index (χ4n) is 2.52. The van der Waals surface area contributed by atoms with E-state index in [9.17, 15) is 14.0 Å². The fraction of sp³-hybridized carbons (Fsp3) is 0.0909. The summed E-state index contributed by atoms with van der Waals surface area (Å²) in [4.78, 5) is 24.7. The van der Waals surface area contributed by atoms with E-state index in [1.54, 1.807) is 55.5 Å². The lowest BCUT2D eigenvalue weighted by Gasteiger charge is -2.15. The van der Waals surface area contributed by atoms with Crippen molar-refractivity contribution in [3.05, 3.63) is 94.8 Å². The zero-order valence-corrected chi connectivity index (χ0v) is 15.7. The van der Waals surface area contributed by atoms with Gasteiger partial charge in [0, 0.05) is 11.1 Å². The second-order valence-corrected chi connectivity index (χ2v) is 6.50. The van der Waals surface area contributed by atoms with E-state index in [1.165, 1.54) is 12.1 Å². The number of halogens is 2. The molecule has 0 aromatic heterocycles. The van der Waals surface area contributed by atoms with E-state index >= 15 is 0 Å². The molecular formula is C22H17ClFNO3. The molecule has 0 fully saturated rings. The smallest absolute Gasteiger partial charge is 0.265 e. The van der Waals surface area contributed by atoms with Crippen LogP contribution in [0.4, 0.5) is 10.1 Å². The van der Waals surface area contributed by atoms with Gasteiger partial charge in [-0.15, -0.1) is 0 Å². The highest BCUT2D eigenvalue weighted by molar-refractivity contribution is 6.33. The van der Waals surface area contributed by atoms with Crippen LogP contribution < -0.4 is 10.1 Å².